The maximum Gasteiger partial charge on any atom is 0.261 e. The highest BCUT2D eigenvalue weighted by Crippen LogP contribution is 2.23. The third-order valence-corrected chi connectivity index (χ3v) is 5.89. The summed E-state index contributed by atoms with van der Waals surface area (Å²) in [4.78, 5) is 52.6. The lowest BCUT2D eigenvalue weighted by molar-refractivity contribution is -0.135. The number of rotatable bonds is 7. The molecule has 0 radical (unpaired) electrons. The minimum absolute atomic E-state index is 0.00828. The lowest BCUT2D eigenvalue weighted by atomic mass is 9.95. The van der Waals surface area contributed by atoms with Crippen LogP contribution >= 0.6 is 0 Å². The Morgan fingerprint density at radius 3 is 2.29 bits per heavy atom. The second-order valence-electron chi connectivity index (χ2n) is 7.86. The Hall–Kier alpha value is -3.42. The number of hydrogen-bond acceptors (Lipinski definition) is 5. The van der Waals surface area contributed by atoms with Gasteiger partial charge in [-0.2, -0.15) is 0 Å². The van der Waals surface area contributed by atoms with Crippen LogP contribution in [0.2, 0.25) is 0 Å². The molecule has 2 aliphatic rings. The Bertz CT molecular complexity index is 942. The van der Waals surface area contributed by atoms with E-state index in [1.54, 1.807) is 41.5 Å². The maximum atomic E-state index is 12.5. The number of fused-ring (bicyclic) bond motifs is 1. The molecule has 2 aromatic rings. The highest BCUT2D eigenvalue weighted by Gasteiger charge is 2.35. The van der Waals surface area contributed by atoms with Crippen molar-refractivity contribution in [3.05, 3.63) is 59.5 Å². The van der Waals surface area contributed by atoms with E-state index in [0.717, 1.165) is 0 Å². The molecule has 8 nitrogen and oxygen atoms in total. The first kappa shape index (κ1) is 20.8. The summed E-state index contributed by atoms with van der Waals surface area (Å²) in [7, 11) is 0. The summed E-state index contributed by atoms with van der Waals surface area (Å²) in [5, 5.41) is 2.87. The normalized spacial score (nSPS) is 16.5. The van der Waals surface area contributed by atoms with E-state index in [4.69, 9.17) is 4.42 Å². The van der Waals surface area contributed by atoms with E-state index >= 15 is 0 Å². The lowest BCUT2D eigenvalue weighted by Gasteiger charge is -2.31. The molecule has 1 N–H and O–H groups in total. The van der Waals surface area contributed by atoms with E-state index in [1.807, 2.05) is 6.07 Å². The molecule has 0 bridgehead atoms. The molecular weight excluding hydrogens is 398 g/mol. The largest absolute Gasteiger partial charge is 0.467 e. The number of amides is 4. The van der Waals surface area contributed by atoms with Crippen LogP contribution in [0.4, 0.5) is 0 Å². The zero-order valence-corrected chi connectivity index (χ0v) is 17.2. The lowest BCUT2D eigenvalue weighted by Crippen LogP contribution is -2.43. The first-order valence-electron chi connectivity index (χ1n) is 10.6. The van der Waals surface area contributed by atoms with Gasteiger partial charge in [0.1, 0.15) is 5.76 Å². The van der Waals surface area contributed by atoms with Crippen LogP contribution < -0.4 is 5.32 Å². The number of piperidine rings is 1. The summed E-state index contributed by atoms with van der Waals surface area (Å²) in [6.07, 6.45) is 3.50. The number of furan rings is 1. The van der Waals surface area contributed by atoms with Gasteiger partial charge in [0.15, 0.2) is 0 Å². The van der Waals surface area contributed by atoms with Gasteiger partial charge in [0.2, 0.25) is 11.8 Å². The smallest absolute Gasteiger partial charge is 0.261 e. The fraction of sp³-hybridized carbons (Fsp3) is 0.391. The Balaban J connectivity index is 1.18. The van der Waals surface area contributed by atoms with Gasteiger partial charge in [-0.3, -0.25) is 24.1 Å². The van der Waals surface area contributed by atoms with E-state index in [2.05, 4.69) is 5.32 Å². The fourth-order valence-corrected chi connectivity index (χ4v) is 4.11. The van der Waals surface area contributed by atoms with E-state index in [9.17, 15) is 19.2 Å². The number of likely N-dealkylation sites (tertiary alicyclic amines) is 1. The third kappa shape index (κ3) is 4.52. The number of hydrogen-bond donors (Lipinski definition) is 1. The molecule has 1 aromatic heterocycles. The SMILES string of the molecule is O=C(NCc1ccco1)C1CCN(C(=O)CCCN2C(=O)c3ccccc3C2=O)CC1. The maximum absolute atomic E-state index is 12.5. The predicted octanol–water partition coefficient (Wildman–Crippen LogP) is 2.21. The van der Waals surface area contributed by atoms with Crippen molar-refractivity contribution in [1.82, 2.24) is 15.1 Å². The first-order chi connectivity index (χ1) is 15.0. The molecule has 3 heterocycles. The number of carbonyl (C=O) groups is 4. The molecule has 0 saturated carbocycles. The molecule has 2 aliphatic heterocycles. The third-order valence-electron chi connectivity index (χ3n) is 5.89. The van der Waals surface area contributed by atoms with Crippen molar-refractivity contribution in [3.63, 3.8) is 0 Å². The van der Waals surface area contributed by atoms with Gasteiger partial charge in [0, 0.05) is 32.0 Å². The number of imide groups is 1. The van der Waals surface area contributed by atoms with Crippen LogP contribution in [-0.4, -0.2) is 53.1 Å². The molecule has 1 aromatic carbocycles. The van der Waals surface area contributed by atoms with Crippen LogP contribution in [-0.2, 0) is 16.1 Å². The van der Waals surface area contributed by atoms with Crippen LogP contribution in [0.25, 0.3) is 0 Å². The first-order valence-corrected chi connectivity index (χ1v) is 10.6. The van der Waals surface area contributed by atoms with Crippen LogP contribution in [0.1, 0.15) is 52.2 Å². The van der Waals surface area contributed by atoms with Gasteiger partial charge in [-0.05, 0) is 43.5 Å². The Labute approximate surface area is 180 Å². The van der Waals surface area contributed by atoms with Gasteiger partial charge < -0.3 is 14.6 Å². The molecule has 31 heavy (non-hydrogen) atoms. The van der Waals surface area contributed by atoms with E-state index in [-0.39, 0.29) is 42.5 Å². The molecule has 0 unspecified atom stereocenters. The van der Waals surface area contributed by atoms with E-state index in [1.165, 1.54) is 4.90 Å². The molecule has 1 saturated heterocycles. The number of carbonyl (C=O) groups excluding carboxylic acids is 4. The van der Waals surface area contributed by atoms with Gasteiger partial charge >= 0.3 is 0 Å². The summed E-state index contributed by atoms with van der Waals surface area (Å²) in [5.41, 5.74) is 0.845. The number of nitrogens with zero attached hydrogens (tertiary/aromatic N) is 2. The predicted molar refractivity (Wildman–Crippen MR) is 111 cm³/mol. The summed E-state index contributed by atoms with van der Waals surface area (Å²) in [6, 6.07) is 10.4. The molecule has 4 amide bonds. The van der Waals surface area contributed by atoms with Crippen LogP contribution in [0.5, 0.6) is 0 Å². The molecular formula is C23H25N3O5. The molecule has 4 rings (SSSR count). The van der Waals surface area contributed by atoms with Crippen molar-refractivity contribution in [2.45, 2.75) is 32.2 Å². The molecule has 1 fully saturated rings. The Morgan fingerprint density at radius 1 is 1.00 bits per heavy atom. The quantitative estimate of drug-likeness (QED) is 0.689. The van der Waals surface area contributed by atoms with Crippen molar-refractivity contribution >= 4 is 23.6 Å². The van der Waals surface area contributed by atoms with Crippen molar-refractivity contribution in [3.8, 4) is 0 Å². The highest BCUT2D eigenvalue weighted by molar-refractivity contribution is 6.21. The van der Waals surface area contributed by atoms with Gasteiger partial charge in [-0.1, -0.05) is 12.1 Å². The molecule has 162 valence electrons. The average Bonchev–Trinajstić information content (AvgIpc) is 3.40. The number of benzene rings is 1. The molecule has 0 atom stereocenters. The summed E-state index contributed by atoms with van der Waals surface area (Å²) in [6.45, 7) is 1.65. The highest BCUT2D eigenvalue weighted by atomic mass is 16.3. The summed E-state index contributed by atoms with van der Waals surface area (Å²) in [5.74, 6) is -0.0274. The minimum atomic E-state index is -0.297. The van der Waals surface area contributed by atoms with E-state index < -0.39 is 0 Å². The summed E-state index contributed by atoms with van der Waals surface area (Å²) < 4.78 is 5.21. The fourth-order valence-electron chi connectivity index (χ4n) is 4.11. The van der Waals surface area contributed by atoms with Gasteiger partial charge in [0.05, 0.1) is 23.9 Å². The average molecular weight is 423 g/mol. The Morgan fingerprint density at radius 2 is 1.68 bits per heavy atom. The second kappa shape index (κ2) is 9.16. The van der Waals surface area contributed by atoms with Crippen LogP contribution in [0.3, 0.4) is 0 Å². The van der Waals surface area contributed by atoms with E-state index in [0.29, 0.717) is 55.8 Å². The molecule has 0 aliphatic carbocycles. The number of nitrogens with one attached hydrogen (secondary N) is 1. The molecule has 0 spiro atoms. The van der Waals surface area contributed by atoms with Crippen LogP contribution in [0.15, 0.2) is 47.1 Å². The monoisotopic (exact) mass is 423 g/mol. The standard InChI is InChI=1S/C23H25N3O5/c27-20(8-3-11-26-22(29)18-6-1-2-7-19(18)23(26)30)25-12-9-16(10-13-25)21(28)24-15-17-5-4-14-31-17/h1-2,4-7,14,16H,3,8-13,15H2,(H,24,28). The topological polar surface area (TPSA) is 99.9 Å². The van der Waals surface area contributed by atoms with Crippen molar-refractivity contribution < 1.29 is 23.6 Å². The summed E-state index contributed by atoms with van der Waals surface area (Å²) >= 11 is 0. The van der Waals surface area contributed by atoms with Gasteiger partial charge in [-0.15, -0.1) is 0 Å². The zero-order valence-electron chi connectivity index (χ0n) is 17.2. The van der Waals surface area contributed by atoms with Crippen LogP contribution in [0, 0.1) is 5.92 Å². The van der Waals surface area contributed by atoms with Gasteiger partial charge in [-0.25, -0.2) is 0 Å². The minimum Gasteiger partial charge on any atom is -0.467 e. The van der Waals surface area contributed by atoms with Crippen molar-refractivity contribution in [2.24, 2.45) is 5.92 Å². The zero-order chi connectivity index (χ0) is 21.8. The Kier molecular flexibility index (Phi) is 6.16. The molecule has 8 heteroatoms. The van der Waals surface area contributed by atoms with Crippen molar-refractivity contribution in [1.29, 1.82) is 0 Å². The van der Waals surface area contributed by atoms with Gasteiger partial charge in [0.25, 0.3) is 11.8 Å². The second-order valence-corrected chi connectivity index (χ2v) is 7.86. The van der Waals surface area contributed by atoms with Crippen molar-refractivity contribution in [2.75, 3.05) is 19.6 Å².